The molecular weight excluding hydrogens is 488 g/mol. The summed E-state index contributed by atoms with van der Waals surface area (Å²) in [5, 5.41) is 0. The molecule has 40 valence electrons. The van der Waals surface area contributed by atoms with Gasteiger partial charge < -0.3 is 16.4 Å². The zero-order valence-corrected chi connectivity index (χ0v) is 9.07. The van der Waals surface area contributed by atoms with Gasteiger partial charge in [0, 0.05) is 0 Å². The zero-order chi connectivity index (χ0) is 0. The van der Waals surface area contributed by atoms with Crippen molar-refractivity contribution in [1.29, 1.82) is 0 Å². The molecule has 0 heterocycles. The molecule has 4 radical (unpaired) electrons. The van der Waals surface area contributed by atoms with E-state index in [1.165, 1.54) is 0 Å². The molecule has 7 heavy (non-hydrogen) atoms. The summed E-state index contributed by atoms with van der Waals surface area (Å²) in [5.74, 6) is 0. The quantitative estimate of drug-likeness (QED) is 0.314. The first-order chi connectivity index (χ1) is 0. The van der Waals surface area contributed by atoms with E-state index in [9.17, 15) is 0 Å². The van der Waals surface area contributed by atoms with Crippen molar-refractivity contribution in [3.63, 3.8) is 0 Å². The molecule has 0 aromatic heterocycles. The van der Waals surface area contributed by atoms with Gasteiger partial charge in [-0.1, -0.05) is 0 Å². The van der Waals surface area contributed by atoms with E-state index in [1.807, 2.05) is 0 Å². The van der Waals surface area contributed by atoms with Crippen LogP contribution in [0.4, 0.5) is 0 Å². The Bertz CT molecular complexity index is 10.9. The van der Waals surface area contributed by atoms with E-state index in [-0.39, 0.29) is 85.7 Å². The van der Waals surface area contributed by atoms with Gasteiger partial charge in [0.15, 0.2) is 0 Å². The van der Waals surface area contributed by atoms with Crippen molar-refractivity contribution in [3.8, 4) is 0 Å². The van der Waals surface area contributed by atoms with E-state index < -0.39 is 0 Å². The van der Waals surface area contributed by atoms with Crippen molar-refractivity contribution in [3.05, 3.63) is 0 Å². The van der Waals surface area contributed by atoms with Crippen LogP contribution in [0.25, 0.3) is 0 Å². The molecule has 0 aliphatic carbocycles. The predicted octanol–water partition coefficient (Wildman–Crippen LogP) is -3.49. The van der Waals surface area contributed by atoms with Gasteiger partial charge in [-0.3, -0.25) is 0 Å². The van der Waals surface area contributed by atoms with E-state index in [2.05, 4.69) is 0 Å². The minimum absolute atomic E-state index is 0. The molecule has 0 fully saturated rings. The van der Waals surface area contributed by atoms with Crippen LogP contribution in [0.5, 0.6) is 0 Å². The van der Waals surface area contributed by atoms with Crippen molar-refractivity contribution in [2.75, 3.05) is 0 Å². The summed E-state index contributed by atoms with van der Waals surface area (Å²) in [6.45, 7) is 0. The molecule has 0 saturated carbocycles. The van der Waals surface area contributed by atoms with Crippen molar-refractivity contribution >= 4 is 69.2 Å². The smallest absolute Gasteiger partial charge is 2.00 e. The maximum absolute atomic E-state index is 0. The Hall–Kier alpha value is 1.78. The van der Waals surface area contributed by atoms with Crippen molar-refractivity contribution in [1.82, 2.24) is 0 Å². The summed E-state index contributed by atoms with van der Waals surface area (Å²) in [7, 11) is 0. The van der Waals surface area contributed by atoms with E-state index in [1.54, 1.807) is 0 Å². The van der Waals surface area contributed by atoms with Gasteiger partial charge in [0.1, 0.15) is 0 Å². The number of hydrogen-bond donors (Lipinski definition) is 0. The van der Waals surface area contributed by atoms with Crippen LogP contribution in [0.3, 0.4) is 0 Å². The van der Waals surface area contributed by atoms with Gasteiger partial charge in [-0.2, -0.15) is 0 Å². The van der Waals surface area contributed by atoms with Crippen LogP contribution in [0.1, 0.15) is 0 Å². The van der Waals surface area contributed by atoms with E-state index in [0.717, 1.165) is 0 Å². The Morgan fingerprint density at radius 3 is 0.429 bits per heavy atom. The molecule has 3 nitrogen and oxygen atoms in total. The third-order valence-electron chi connectivity index (χ3n) is 0. The van der Waals surface area contributed by atoms with Crippen LogP contribution in [-0.4, -0.2) is 69.2 Å². The molecule has 0 saturated heterocycles. The Balaban J connectivity index is 0. The maximum atomic E-state index is 0. The largest absolute Gasteiger partial charge is 3.00 e. The van der Waals surface area contributed by atoms with E-state index in [0.29, 0.717) is 0 Å². The molecule has 0 aliphatic rings. The van der Waals surface area contributed by atoms with Gasteiger partial charge >= 0.3 is 52.4 Å². The fourth-order valence-corrected chi connectivity index (χ4v) is 0. The third-order valence-corrected chi connectivity index (χ3v) is 0. The van der Waals surface area contributed by atoms with Crippen LogP contribution < -0.4 is 0 Å². The van der Waals surface area contributed by atoms with E-state index in [4.69, 9.17) is 0 Å². The Morgan fingerprint density at radius 1 is 0.429 bits per heavy atom. The Kier molecular flexibility index (Phi) is 2720. The van der Waals surface area contributed by atoms with Gasteiger partial charge in [0.25, 0.3) is 0 Å². The minimum atomic E-state index is 0. The summed E-state index contributed by atoms with van der Waals surface area (Å²) in [6.07, 6.45) is 0. The summed E-state index contributed by atoms with van der Waals surface area (Å²) >= 11 is 0. The van der Waals surface area contributed by atoms with Crippen molar-refractivity contribution < 1.29 is 16.4 Å². The first kappa shape index (κ1) is 168. The second-order valence-corrected chi connectivity index (χ2v) is 0. The van der Waals surface area contributed by atoms with Gasteiger partial charge in [0.2, 0.25) is 0 Å². The second-order valence-electron chi connectivity index (χ2n) is 0. The van der Waals surface area contributed by atoms with Crippen molar-refractivity contribution in [2.45, 2.75) is 0 Å². The van der Waals surface area contributed by atoms with Crippen molar-refractivity contribution in [2.24, 2.45) is 0 Å². The molecular formula is H6B2Bi2O3. The van der Waals surface area contributed by atoms with E-state index >= 15 is 0 Å². The topological polar surface area (TPSA) is 85.5 Å². The summed E-state index contributed by atoms with van der Waals surface area (Å²) in [4.78, 5) is 0. The Labute approximate surface area is 85.0 Å². The molecule has 0 atom stereocenters. The van der Waals surface area contributed by atoms with Gasteiger partial charge in [0.05, 0.1) is 16.8 Å². The van der Waals surface area contributed by atoms with Crippen LogP contribution in [0.2, 0.25) is 0 Å². The fourth-order valence-electron chi connectivity index (χ4n) is 0. The first-order valence-electron chi connectivity index (χ1n) is 0. The third kappa shape index (κ3) is 82.2. The Morgan fingerprint density at radius 2 is 0.429 bits per heavy atom. The molecule has 0 rings (SSSR count). The average molecular weight is 494 g/mol. The fraction of sp³-hybridized carbons (Fsp3) is 0. The molecule has 0 aromatic rings. The van der Waals surface area contributed by atoms with Crippen LogP contribution in [0.15, 0.2) is 0 Å². The molecule has 0 bridgehead atoms. The predicted molar refractivity (Wildman–Crippen MR) is 33.4 cm³/mol. The SMILES string of the molecule is B.B.[Bi+3].[Bi+3].[O-2].[O-2].[O-2]. The summed E-state index contributed by atoms with van der Waals surface area (Å²) in [6, 6.07) is 0. The first-order valence-corrected chi connectivity index (χ1v) is 0. The minimum Gasteiger partial charge on any atom is -2.00 e. The van der Waals surface area contributed by atoms with Crippen LogP contribution in [0, 0.1) is 0 Å². The van der Waals surface area contributed by atoms with Gasteiger partial charge in [-0.15, -0.1) is 0 Å². The monoisotopic (exact) mass is 494 g/mol. The summed E-state index contributed by atoms with van der Waals surface area (Å²) in [5.41, 5.74) is 0. The molecule has 0 amide bonds. The standard InChI is InChI=1S/2BH3.2Bi.3O/h2*1H3;;;;;/q;;2*+3;3*-2. The zero-order valence-electron chi connectivity index (χ0n) is 2.12. The molecule has 0 unspecified atom stereocenters. The molecule has 0 aliphatic heterocycles. The normalized spacial score (nSPS) is 0. The summed E-state index contributed by atoms with van der Waals surface area (Å²) < 4.78 is 0. The van der Waals surface area contributed by atoms with Crippen LogP contribution in [-0.2, 0) is 16.4 Å². The number of rotatable bonds is 0. The number of hydrogen-bond acceptors (Lipinski definition) is 0. The van der Waals surface area contributed by atoms with Crippen LogP contribution >= 0.6 is 0 Å². The average Bonchev–Trinajstić information content (AvgIpc) is 0. The molecule has 7 heteroatoms. The second kappa shape index (κ2) is 113. The molecule has 0 aromatic carbocycles. The van der Waals surface area contributed by atoms with Gasteiger partial charge in [-0.25, -0.2) is 0 Å². The molecule has 0 spiro atoms. The van der Waals surface area contributed by atoms with Gasteiger partial charge in [-0.05, 0) is 0 Å². The molecule has 0 N–H and O–H groups in total. The maximum Gasteiger partial charge on any atom is 3.00 e.